The van der Waals surface area contributed by atoms with Crippen molar-refractivity contribution in [3.05, 3.63) is 0 Å². The lowest BCUT2D eigenvalue weighted by Crippen LogP contribution is -2.38. The van der Waals surface area contributed by atoms with Crippen LogP contribution < -0.4 is 0 Å². The standard InChI is InChI=1S/C19H37N/c1-3-5-6-7-8-9-10-12-18-14-16-19-15-13-17(11-4-2)20(18)19/h17-19H,3-16H2,1-2H3. The Morgan fingerprint density at radius 1 is 0.650 bits per heavy atom. The summed E-state index contributed by atoms with van der Waals surface area (Å²) in [5.41, 5.74) is 0. The second kappa shape index (κ2) is 9.07. The predicted octanol–water partition coefficient (Wildman–Crippen LogP) is 5.92. The summed E-state index contributed by atoms with van der Waals surface area (Å²) in [6.45, 7) is 4.66. The summed E-state index contributed by atoms with van der Waals surface area (Å²) in [6, 6.07) is 2.87. The fourth-order valence-electron chi connectivity index (χ4n) is 4.66. The summed E-state index contributed by atoms with van der Waals surface area (Å²) in [7, 11) is 0. The summed E-state index contributed by atoms with van der Waals surface area (Å²) in [4.78, 5) is 2.96. The van der Waals surface area contributed by atoms with Crippen molar-refractivity contribution < 1.29 is 0 Å². The van der Waals surface area contributed by atoms with Crippen molar-refractivity contribution >= 4 is 0 Å². The van der Waals surface area contributed by atoms with Crippen LogP contribution in [0.4, 0.5) is 0 Å². The molecule has 2 heterocycles. The molecule has 2 rings (SSSR count). The highest BCUT2D eigenvalue weighted by Gasteiger charge is 2.41. The van der Waals surface area contributed by atoms with E-state index in [1.807, 2.05) is 0 Å². The number of fused-ring (bicyclic) bond motifs is 1. The maximum absolute atomic E-state index is 2.96. The van der Waals surface area contributed by atoms with E-state index in [1.165, 1.54) is 89.9 Å². The van der Waals surface area contributed by atoms with Gasteiger partial charge in [-0.15, -0.1) is 0 Å². The molecule has 2 aliphatic heterocycles. The molecule has 20 heavy (non-hydrogen) atoms. The van der Waals surface area contributed by atoms with Gasteiger partial charge in [-0.05, 0) is 38.5 Å². The van der Waals surface area contributed by atoms with Crippen LogP contribution in [0.3, 0.4) is 0 Å². The molecule has 3 atom stereocenters. The van der Waals surface area contributed by atoms with Gasteiger partial charge >= 0.3 is 0 Å². The van der Waals surface area contributed by atoms with Gasteiger partial charge in [0.05, 0.1) is 0 Å². The molecule has 0 aromatic rings. The van der Waals surface area contributed by atoms with Gasteiger partial charge in [-0.2, -0.15) is 0 Å². The molecule has 118 valence electrons. The van der Waals surface area contributed by atoms with E-state index < -0.39 is 0 Å². The van der Waals surface area contributed by atoms with E-state index in [9.17, 15) is 0 Å². The van der Waals surface area contributed by atoms with Crippen molar-refractivity contribution in [2.24, 2.45) is 0 Å². The molecule has 0 aromatic carbocycles. The van der Waals surface area contributed by atoms with Gasteiger partial charge in [0.15, 0.2) is 0 Å². The average molecular weight is 280 g/mol. The fraction of sp³-hybridized carbons (Fsp3) is 1.00. The lowest BCUT2D eigenvalue weighted by atomic mass is 10.0. The Balaban J connectivity index is 1.60. The quantitative estimate of drug-likeness (QED) is 0.448. The Kier molecular flexibility index (Phi) is 7.41. The molecule has 3 unspecified atom stereocenters. The highest BCUT2D eigenvalue weighted by atomic mass is 15.3. The van der Waals surface area contributed by atoms with E-state index in [-0.39, 0.29) is 0 Å². The molecular formula is C19H37N. The minimum absolute atomic E-state index is 0.946. The zero-order valence-electron chi connectivity index (χ0n) is 14.1. The smallest absolute Gasteiger partial charge is 0.0102 e. The molecule has 0 aliphatic carbocycles. The monoisotopic (exact) mass is 279 g/mol. The number of unbranched alkanes of at least 4 members (excludes halogenated alkanes) is 6. The van der Waals surface area contributed by atoms with Gasteiger partial charge in [-0.25, -0.2) is 0 Å². The van der Waals surface area contributed by atoms with Crippen LogP contribution >= 0.6 is 0 Å². The Hall–Kier alpha value is -0.0400. The highest BCUT2D eigenvalue weighted by Crippen LogP contribution is 2.39. The molecule has 0 bridgehead atoms. The van der Waals surface area contributed by atoms with E-state index in [1.54, 1.807) is 0 Å². The van der Waals surface area contributed by atoms with E-state index >= 15 is 0 Å². The summed E-state index contributed by atoms with van der Waals surface area (Å²) in [5.74, 6) is 0. The molecule has 0 aromatic heterocycles. The highest BCUT2D eigenvalue weighted by molar-refractivity contribution is 4.96. The molecule has 2 fully saturated rings. The van der Waals surface area contributed by atoms with Gasteiger partial charge in [0, 0.05) is 18.1 Å². The third kappa shape index (κ3) is 4.48. The number of rotatable bonds is 10. The first-order chi connectivity index (χ1) is 9.86. The normalized spacial score (nSPS) is 30.0. The molecule has 0 spiro atoms. The SMILES string of the molecule is CCCCCCCCCC1CCC2CCC(CCC)N12. The molecule has 1 nitrogen and oxygen atoms in total. The van der Waals surface area contributed by atoms with Crippen molar-refractivity contribution in [1.29, 1.82) is 0 Å². The first kappa shape index (κ1) is 16.3. The second-order valence-corrected chi connectivity index (χ2v) is 7.26. The molecule has 1 heteroatoms. The van der Waals surface area contributed by atoms with Gasteiger partial charge in [-0.3, -0.25) is 4.90 Å². The Morgan fingerprint density at radius 3 is 1.90 bits per heavy atom. The van der Waals surface area contributed by atoms with Crippen molar-refractivity contribution in [1.82, 2.24) is 4.90 Å². The Labute approximate surface area is 127 Å². The summed E-state index contributed by atoms with van der Waals surface area (Å²) < 4.78 is 0. The lowest BCUT2D eigenvalue weighted by molar-refractivity contribution is 0.163. The summed E-state index contributed by atoms with van der Waals surface area (Å²) in [5, 5.41) is 0. The van der Waals surface area contributed by atoms with Crippen LogP contribution in [-0.4, -0.2) is 23.0 Å². The first-order valence-electron chi connectivity index (χ1n) is 9.64. The summed E-state index contributed by atoms with van der Waals surface area (Å²) in [6.07, 6.45) is 20.5. The minimum atomic E-state index is 0.946. The van der Waals surface area contributed by atoms with Gasteiger partial charge in [-0.1, -0.05) is 65.2 Å². The third-order valence-electron chi connectivity index (χ3n) is 5.69. The average Bonchev–Trinajstić information content (AvgIpc) is 3.02. The number of hydrogen-bond donors (Lipinski definition) is 0. The van der Waals surface area contributed by atoms with Crippen molar-refractivity contribution in [2.75, 3.05) is 0 Å². The largest absolute Gasteiger partial charge is 0.294 e. The topological polar surface area (TPSA) is 3.24 Å². The number of nitrogens with zero attached hydrogens (tertiary/aromatic N) is 1. The van der Waals surface area contributed by atoms with Crippen LogP contribution in [-0.2, 0) is 0 Å². The number of hydrogen-bond acceptors (Lipinski definition) is 1. The molecule has 0 N–H and O–H groups in total. The summed E-state index contributed by atoms with van der Waals surface area (Å²) >= 11 is 0. The molecule has 0 amide bonds. The molecule has 0 saturated carbocycles. The van der Waals surface area contributed by atoms with Crippen LogP contribution in [0.2, 0.25) is 0 Å². The zero-order valence-corrected chi connectivity index (χ0v) is 14.1. The third-order valence-corrected chi connectivity index (χ3v) is 5.69. The van der Waals surface area contributed by atoms with Gasteiger partial charge in [0.2, 0.25) is 0 Å². The fourth-order valence-corrected chi connectivity index (χ4v) is 4.66. The van der Waals surface area contributed by atoms with E-state index in [2.05, 4.69) is 18.7 Å². The van der Waals surface area contributed by atoms with Crippen LogP contribution in [0, 0.1) is 0 Å². The molecule has 2 aliphatic rings. The Bertz CT molecular complexity index is 248. The van der Waals surface area contributed by atoms with Crippen molar-refractivity contribution in [3.63, 3.8) is 0 Å². The van der Waals surface area contributed by atoms with Crippen molar-refractivity contribution in [3.8, 4) is 0 Å². The van der Waals surface area contributed by atoms with Gasteiger partial charge in [0.25, 0.3) is 0 Å². The zero-order chi connectivity index (χ0) is 14.2. The van der Waals surface area contributed by atoms with E-state index in [4.69, 9.17) is 0 Å². The molecule has 2 saturated heterocycles. The predicted molar refractivity (Wildman–Crippen MR) is 89.2 cm³/mol. The first-order valence-corrected chi connectivity index (χ1v) is 9.64. The second-order valence-electron chi connectivity index (χ2n) is 7.26. The van der Waals surface area contributed by atoms with Crippen LogP contribution in [0.5, 0.6) is 0 Å². The maximum atomic E-state index is 2.96. The minimum Gasteiger partial charge on any atom is -0.294 e. The lowest BCUT2D eigenvalue weighted by Gasteiger charge is -2.30. The van der Waals surface area contributed by atoms with Crippen molar-refractivity contribution in [2.45, 2.75) is 122 Å². The maximum Gasteiger partial charge on any atom is 0.0102 e. The Morgan fingerprint density at radius 2 is 1.25 bits per heavy atom. The van der Waals surface area contributed by atoms with Crippen LogP contribution in [0.15, 0.2) is 0 Å². The van der Waals surface area contributed by atoms with Crippen LogP contribution in [0.1, 0.15) is 104 Å². The van der Waals surface area contributed by atoms with E-state index in [0.29, 0.717) is 0 Å². The van der Waals surface area contributed by atoms with Crippen LogP contribution in [0.25, 0.3) is 0 Å². The van der Waals surface area contributed by atoms with Gasteiger partial charge < -0.3 is 0 Å². The van der Waals surface area contributed by atoms with E-state index in [0.717, 1.165) is 18.1 Å². The van der Waals surface area contributed by atoms with Gasteiger partial charge in [0.1, 0.15) is 0 Å². The molecular weight excluding hydrogens is 242 g/mol. The molecule has 0 radical (unpaired) electrons.